The molecule has 132 valence electrons. The first-order valence-electron chi connectivity index (χ1n) is 9.85. The van der Waals surface area contributed by atoms with Crippen molar-refractivity contribution >= 4 is 32.7 Å². The Hall–Kier alpha value is -0.571. The summed E-state index contributed by atoms with van der Waals surface area (Å²) in [6.45, 7) is 6.81. The fourth-order valence-corrected chi connectivity index (χ4v) is 20.2. The first-order chi connectivity index (χ1) is 11.7. The molecular formula is C22H33FSn. The van der Waals surface area contributed by atoms with Crippen LogP contribution < -0.4 is 3.58 Å². The molecule has 24 heavy (non-hydrogen) atoms. The Labute approximate surface area is 151 Å². The standard InChI is InChI=1S/C10H6F.3C4H9.Sn/c11-10-6-5-8-3-1-2-4-9(8)7-10;3*1-3-4-2;/h1-5,7H;3*1,3-4H2,2H3;. The molecule has 0 nitrogen and oxygen atoms in total. The molecule has 2 rings (SSSR count). The van der Waals surface area contributed by atoms with Gasteiger partial charge >= 0.3 is 152 Å². The van der Waals surface area contributed by atoms with Crippen LogP contribution in [-0.4, -0.2) is 18.4 Å². The molecule has 0 aliphatic carbocycles. The van der Waals surface area contributed by atoms with Gasteiger partial charge in [-0.1, -0.05) is 0 Å². The summed E-state index contributed by atoms with van der Waals surface area (Å²) < 4.78 is 20.3. The van der Waals surface area contributed by atoms with Gasteiger partial charge < -0.3 is 0 Å². The van der Waals surface area contributed by atoms with E-state index >= 15 is 4.39 Å². The average Bonchev–Trinajstić information content (AvgIpc) is 2.61. The Morgan fingerprint density at radius 3 is 1.67 bits per heavy atom. The zero-order chi connectivity index (χ0) is 17.4. The minimum absolute atomic E-state index is 0.0906. The molecule has 2 heteroatoms. The van der Waals surface area contributed by atoms with Gasteiger partial charge in [0.1, 0.15) is 0 Å². The summed E-state index contributed by atoms with van der Waals surface area (Å²) in [5, 5.41) is 2.26. The van der Waals surface area contributed by atoms with E-state index < -0.39 is 18.4 Å². The predicted octanol–water partition coefficient (Wildman–Crippen LogP) is 7.04. The van der Waals surface area contributed by atoms with Gasteiger partial charge in [0, 0.05) is 0 Å². The van der Waals surface area contributed by atoms with Crippen molar-refractivity contribution in [3.63, 3.8) is 0 Å². The molecule has 0 saturated heterocycles. The van der Waals surface area contributed by atoms with Gasteiger partial charge in [0.25, 0.3) is 0 Å². The van der Waals surface area contributed by atoms with Crippen LogP contribution in [-0.2, 0) is 0 Å². The van der Waals surface area contributed by atoms with Crippen LogP contribution in [0.25, 0.3) is 10.8 Å². The monoisotopic (exact) mass is 436 g/mol. The van der Waals surface area contributed by atoms with Gasteiger partial charge in [-0.3, -0.25) is 0 Å². The number of rotatable bonds is 10. The Morgan fingerprint density at radius 1 is 0.750 bits per heavy atom. The van der Waals surface area contributed by atoms with Crippen LogP contribution in [0.2, 0.25) is 13.3 Å². The molecule has 0 fully saturated rings. The van der Waals surface area contributed by atoms with Crippen LogP contribution in [0.15, 0.2) is 36.4 Å². The van der Waals surface area contributed by atoms with Crippen LogP contribution >= 0.6 is 0 Å². The van der Waals surface area contributed by atoms with E-state index in [0.717, 1.165) is 5.39 Å². The molecule has 2 aromatic carbocycles. The SMILES string of the molecule is CCC[CH2][Sn]([CH2]CCC)([CH2]CCC)[c]1cc2ccccc2cc1F. The van der Waals surface area contributed by atoms with E-state index in [2.05, 4.69) is 39.0 Å². The van der Waals surface area contributed by atoms with E-state index in [1.807, 2.05) is 12.1 Å². The molecule has 0 unspecified atom stereocenters. The van der Waals surface area contributed by atoms with E-state index in [4.69, 9.17) is 0 Å². The van der Waals surface area contributed by atoms with Gasteiger partial charge in [0.05, 0.1) is 0 Å². The second-order valence-electron chi connectivity index (χ2n) is 7.27. The van der Waals surface area contributed by atoms with Crippen molar-refractivity contribution < 1.29 is 4.39 Å². The predicted molar refractivity (Wildman–Crippen MR) is 108 cm³/mol. The molecule has 0 aromatic heterocycles. The molecule has 0 saturated carbocycles. The molecule has 0 spiro atoms. The van der Waals surface area contributed by atoms with E-state index in [1.165, 1.54) is 60.8 Å². The normalized spacial score (nSPS) is 12.0. The van der Waals surface area contributed by atoms with Crippen LogP contribution in [0.5, 0.6) is 0 Å². The molecule has 0 aliphatic rings. The molecule has 0 heterocycles. The third-order valence-corrected chi connectivity index (χ3v) is 21.0. The fourth-order valence-electron chi connectivity index (χ4n) is 3.94. The quantitative estimate of drug-likeness (QED) is 0.352. The number of hydrogen-bond donors (Lipinski definition) is 0. The minimum atomic E-state index is -2.68. The number of fused-ring (bicyclic) bond motifs is 1. The van der Waals surface area contributed by atoms with Gasteiger partial charge in [-0.05, 0) is 0 Å². The number of benzene rings is 2. The molecular weight excluding hydrogens is 402 g/mol. The third kappa shape index (κ3) is 4.74. The summed E-state index contributed by atoms with van der Waals surface area (Å²) in [4.78, 5) is 0. The van der Waals surface area contributed by atoms with Crippen molar-refractivity contribution in [2.75, 3.05) is 0 Å². The second kappa shape index (κ2) is 9.79. The second-order valence-corrected chi connectivity index (χ2v) is 20.4. The summed E-state index contributed by atoms with van der Waals surface area (Å²) in [7, 11) is 0. The van der Waals surface area contributed by atoms with E-state index in [1.54, 1.807) is 6.07 Å². The average molecular weight is 435 g/mol. The van der Waals surface area contributed by atoms with E-state index in [9.17, 15) is 0 Å². The molecule has 0 amide bonds. The van der Waals surface area contributed by atoms with Gasteiger partial charge in [-0.15, -0.1) is 0 Å². The molecule has 0 radical (unpaired) electrons. The molecule has 0 N–H and O–H groups in total. The zero-order valence-corrected chi connectivity index (χ0v) is 18.6. The maximum absolute atomic E-state index is 15.1. The first-order valence-corrected chi connectivity index (χ1v) is 17.3. The molecule has 0 aliphatic heterocycles. The topological polar surface area (TPSA) is 0 Å². The van der Waals surface area contributed by atoms with Crippen molar-refractivity contribution in [3.8, 4) is 0 Å². The summed E-state index contributed by atoms with van der Waals surface area (Å²) in [6.07, 6.45) is 7.51. The summed E-state index contributed by atoms with van der Waals surface area (Å²) in [6, 6.07) is 12.3. The van der Waals surface area contributed by atoms with Crippen LogP contribution in [0.1, 0.15) is 59.3 Å². The van der Waals surface area contributed by atoms with Crippen molar-refractivity contribution in [2.45, 2.75) is 72.6 Å². The molecule has 2 aromatic rings. The number of unbranched alkanes of at least 4 members (excludes halogenated alkanes) is 3. The van der Waals surface area contributed by atoms with Crippen molar-refractivity contribution in [2.24, 2.45) is 0 Å². The Bertz CT molecular complexity index is 613. The van der Waals surface area contributed by atoms with E-state index in [-0.39, 0.29) is 5.82 Å². The number of hydrogen-bond acceptors (Lipinski definition) is 0. The number of halogens is 1. The van der Waals surface area contributed by atoms with Gasteiger partial charge in [0.15, 0.2) is 0 Å². The maximum atomic E-state index is 15.1. The summed E-state index contributed by atoms with van der Waals surface area (Å²) >= 11 is -2.68. The zero-order valence-electron chi connectivity index (χ0n) is 15.7. The summed E-state index contributed by atoms with van der Waals surface area (Å²) in [5.41, 5.74) is 0. The van der Waals surface area contributed by atoms with Crippen LogP contribution in [0.3, 0.4) is 0 Å². The van der Waals surface area contributed by atoms with Crippen LogP contribution in [0, 0.1) is 5.82 Å². The first kappa shape index (κ1) is 19.7. The van der Waals surface area contributed by atoms with Crippen LogP contribution in [0.4, 0.5) is 4.39 Å². The Kier molecular flexibility index (Phi) is 8.06. The van der Waals surface area contributed by atoms with Crippen molar-refractivity contribution in [3.05, 3.63) is 42.2 Å². The van der Waals surface area contributed by atoms with Crippen molar-refractivity contribution in [1.82, 2.24) is 0 Å². The summed E-state index contributed by atoms with van der Waals surface area (Å²) in [5.74, 6) is 0.0906. The fraction of sp³-hybridized carbons (Fsp3) is 0.545. The van der Waals surface area contributed by atoms with Gasteiger partial charge in [0.2, 0.25) is 0 Å². The third-order valence-electron chi connectivity index (χ3n) is 5.43. The molecule has 0 bridgehead atoms. The Morgan fingerprint density at radius 2 is 1.21 bits per heavy atom. The van der Waals surface area contributed by atoms with Crippen molar-refractivity contribution in [1.29, 1.82) is 0 Å². The Balaban J connectivity index is 2.51. The van der Waals surface area contributed by atoms with Gasteiger partial charge in [-0.2, -0.15) is 0 Å². The molecule has 0 atom stereocenters. The van der Waals surface area contributed by atoms with E-state index in [0.29, 0.717) is 0 Å². The van der Waals surface area contributed by atoms with Gasteiger partial charge in [-0.25, -0.2) is 0 Å².